The van der Waals surface area contributed by atoms with Crippen molar-refractivity contribution in [3.8, 4) is 11.5 Å². The summed E-state index contributed by atoms with van der Waals surface area (Å²) in [5, 5.41) is 0.943. The second-order valence-electron chi connectivity index (χ2n) is 6.44. The number of methoxy groups -OCH3 is 2. The van der Waals surface area contributed by atoms with E-state index in [0.717, 1.165) is 5.56 Å². The molecule has 8 heteroatoms. The van der Waals surface area contributed by atoms with Crippen molar-refractivity contribution in [3.05, 3.63) is 69.2 Å². The number of hydrogen-bond donors (Lipinski definition) is 1. The third-order valence-corrected chi connectivity index (χ3v) is 4.95. The van der Waals surface area contributed by atoms with Gasteiger partial charge >= 0.3 is 0 Å². The lowest BCUT2D eigenvalue weighted by Crippen LogP contribution is -2.30. The maximum atomic E-state index is 12.6. The lowest BCUT2D eigenvalue weighted by atomic mass is 10.2. The monoisotopic (exact) mass is 427 g/mol. The lowest BCUT2D eigenvalue weighted by molar-refractivity contribution is -0.126. The van der Waals surface area contributed by atoms with Crippen LogP contribution in [0.3, 0.4) is 0 Å². The number of hydrogen-bond acceptors (Lipinski definition) is 5. The van der Waals surface area contributed by atoms with Crippen molar-refractivity contribution in [3.63, 3.8) is 0 Å². The van der Waals surface area contributed by atoms with Crippen LogP contribution < -0.4 is 15.0 Å². The van der Waals surface area contributed by atoms with Gasteiger partial charge in [0.15, 0.2) is 11.5 Å². The van der Waals surface area contributed by atoms with Crippen LogP contribution in [0.1, 0.15) is 18.3 Å². The van der Waals surface area contributed by atoms with Gasteiger partial charge in [0.05, 0.1) is 31.7 Å². The molecule has 3 rings (SSSR count). The zero-order valence-corrected chi connectivity index (χ0v) is 17.7. The Labute approximate surface area is 178 Å². The molecule has 0 aliphatic heterocycles. The van der Waals surface area contributed by atoms with Crippen LogP contribution in [0.15, 0.2) is 47.3 Å². The lowest BCUT2D eigenvalue weighted by Gasteiger charge is -2.18. The predicted molar refractivity (Wildman–Crippen MR) is 117 cm³/mol. The van der Waals surface area contributed by atoms with E-state index in [-0.39, 0.29) is 18.0 Å². The maximum Gasteiger partial charge on any atom is 0.258 e. The summed E-state index contributed by atoms with van der Waals surface area (Å²) < 4.78 is 10.5. The number of nitrogens with one attached hydrogen (secondary N) is 1. The smallest absolute Gasteiger partial charge is 0.258 e. The van der Waals surface area contributed by atoms with E-state index in [9.17, 15) is 9.59 Å². The minimum absolute atomic E-state index is 0.154. The number of aromatic nitrogens is 2. The molecule has 156 valence electrons. The molecule has 1 heterocycles. The molecule has 0 aliphatic rings. The van der Waals surface area contributed by atoms with E-state index in [4.69, 9.17) is 21.1 Å². The van der Waals surface area contributed by atoms with Gasteiger partial charge in [-0.15, -0.1) is 0 Å². The van der Waals surface area contributed by atoms with Gasteiger partial charge in [-0.25, -0.2) is 4.98 Å². The fourth-order valence-corrected chi connectivity index (χ4v) is 3.19. The maximum absolute atomic E-state index is 12.6. The van der Waals surface area contributed by atoms with Gasteiger partial charge in [-0.2, -0.15) is 0 Å². The number of amides is 1. The molecule has 0 saturated carbocycles. The SMILES string of the molecule is CCN(Cc1nc2cc(OC)c(OC)cc2c(=O)[nH]1)C(=O)/C=C\c1ccccc1Cl. The van der Waals surface area contributed by atoms with Gasteiger partial charge in [0, 0.05) is 23.7 Å². The van der Waals surface area contributed by atoms with Crippen LogP contribution in [-0.2, 0) is 11.3 Å². The molecule has 0 aliphatic carbocycles. The number of carbonyl (C=O) groups excluding carboxylic acids is 1. The summed E-state index contributed by atoms with van der Waals surface area (Å²) in [6.07, 6.45) is 3.12. The van der Waals surface area contributed by atoms with Crippen LogP contribution in [0.5, 0.6) is 11.5 Å². The molecule has 0 radical (unpaired) electrons. The molecule has 7 nitrogen and oxygen atoms in total. The highest BCUT2D eigenvalue weighted by Gasteiger charge is 2.14. The number of rotatable bonds is 7. The van der Waals surface area contributed by atoms with Crippen LogP contribution in [0, 0.1) is 0 Å². The summed E-state index contributed by atoms with van der Waals surface area (Å²) >= 11 is 6.13. The molecule has 3 aromatic rings. The summed E-state index contributed by atoms with van der Waals surface area (Å²) in [6.45, 7) is 2.45. The van der Waals surface area contributed by atoms with Crippen LogP contribution >= 0.6 is 11.6 Å². The van der Waals surface area contributed by atoms with Crippen LogP contribution in [-0.4, -0.2) is 41.5 Å². The Morgan fingerprint density at radius 1 is 1.20 bits per heavy atom. The van der Waals surface area contributed by atoms with Gasteiger partial charge in [0.2, 0.25) is 5.91 Å². The number of H-pyrrole nitrogens is 1. The number of fused-ring (bicyclic) bond motifs is 1. The molecular formula is C22H22ClN3O4. The van der Waals surface area contributed by atoms with Crippen molar-refractivity contribution in [1.29, 1.82) is 0 Å². The quantitative estimate of drug-likeness (QED) is 0.582. The van der Waals surface area contributed by atoms with Gasteiger partial charge < -0.3 is 19.4 Å². The van der Waals surface area contributed by atoms with E-state index in [0.29, 0.717) is 39.8 Å². The summed E-state index contributed by atoms with van der Waals surface area (Å²) in [7, 11) is 3.02. The summed E-state index contributed by atoms with van der Waals surface area (Å²) in [4.78, 5) is 34.0. The number of aromatic amines is 1. The van der Waals surface area contributed by atoms with E-state index >= 15 is 0 Å². The molecule has 0 unspecified atom stereocenters. The van der Waals surface area contributed by atoms with E-state index < -0.39 is 0 Å². The summed E-state index contributed by atoms with van der Waals surface area (Å²) in [5.41, 5.74) is 0.898. The molecule has 0 bridgehead atoms. The van der Waals surface area contributed by atoms with E-state index in [1.165, 1.54) is 20.3 Å². The number of carbonyl (C=O) groups is 1. The van der Waals surface area contributed by atoms with Crippen molar-refractivity contribution in [2.75, 3.05) is 20.8 Å². The normalized spacial score (nSPS) is 11.1. The van der Waals surface area contributed by atoms with Gasteiger partial charge in [0.1, 0.15) is 5.82 Å². The Hall–Kier alpha value is -3.32. The minimum atomic E-state index is -0.314. The zero-order valence-electron chi connectivity index (χ0n) is 16.9. The second-order valence-corrected chi connectivity index (χ2v) is 6.85. The number of likely N-dealkylation sites (N-methyl/N-ethyl adjacent to an activating group) is 1. The molecule has 30 heavy (non-hydrogen) atoms. The molecule has 2 aromatic carbocycles. The van der Waals surface area contributed by atoms with Gasteiger partial charge in [-0.1, -0.05) is 29.8 Å². The number of ether oxygens (including phenoxy) is 2. The highest BCUT2D eigenvalue weighted by Crippen LogP contribution is 2.30. The molecule has 1 amide bonds. The van der Waals surface area contributed by atoms with Gasteiger partial charge in [-0.05, 0) is 30.7 Å². The van der Waals surface area contributed by atoms with E-state index in [1.54, 1.807) is 29.2 Å². The molecule has 0 saturated heterocycles. The third kappa shape index (κ3) is 4.63. The minimum Gasteiger partial charge on any atom is -0.493 e. The topological polar surface area (TPSA) is 84.5 Å². The van der Waals surface area contributed by atoms with Crippen molar-refractivity contribution in [2.45, 2.75) is 13.5 Å². The van der Waals surface area contributed by atoms with E-state index in [1.807, 2.05) is 25.1 Å². The van der Waals surface area contributed by atoms with Crippen molar-refractivity contribution >= 4 is 34.5 Å². The number of nitrogens with zero attached hydrogens (tertiary/aromatic N) is 2. The molecule has 0 atom stereocenters. The molecule has 1 N–H and O–H groups in total. The van der Waals surface area contributed by atoms with Crippen molar-refractivity contribution in [2.24, 2.45) is 0 Å². The van der Waals surface area contributed by atoms with Crippen LogP contribution in [0.4, 0.5) is 0 Å². The first-order chi connectivity index (χ1) is 14.5. The largest absolute Gasteiger partial charge is 0.493 e. The number of halogens is 1. The highest BCUT2D eigenvalue weighted by atomic mass is 35.5. The molecule has 1 aromatic heterocycles. The van der Waals surface area contributed by atoms with E-state index in [2.05, 4.69) is 9.97 Å². The number of benzene rings is 2. The zero-order chi connectivity index (χ0) is 21.7. The fraction of sp³-hybridized carbons (Fsp3) is 0.227. The standard InChI is InChI=1S/C22H22ClN3O4/c1-4-26(21(27)10-9-14-7-5-6-8-16(14)23)13-20-24-17-12-19(30-3)18(29-2)11-15(17)22(28)25-20/h5-12H,4,13H2,1-3H3,(H,24,25,28)/b10-9-. The first-order valence-electron chi connectivity index (χ1n) is 9.33. The first-order valence-corrected chi connectivity index (χ1v) is 9.71. The predicted octanol–water partition coefficient (Wildman–Crippen LogP) is 3.66. The summed E-state index contributed by atoms with van der Waals surface area (Å²) in [6, 6.07) is 10.5. The fourth-order valence-electron chi connectivity index (χ4n) is 2.99. The van der Waals surface area contributed by atoms with Gasteiger partial charge in [0.25, 0.3) is 5.56 Å². The molecule has 0 spiro atoms. The Morgan fingerprint density at radius 3 is 2.57 bits per heavy atom. The van der Waals surface area contributed by atoms with Gasteiger partial charge in [-0.3, -0.25) is 9.59 Å². The van der Waals surface area contributed by atoms with Crippen LogP contribution in [0.25, 0.3) is 17.0 Å². The average molecular weight is 428 g/mol. The molecule has 0 fully saturated rings. The van der Waals surface area contributed by atoms with Crippen LogP contribution in [0.2, 0.25) is 5.02 Å². The third-order valence-electron chi connectivity index (χ3n) is 4.60. The Balaban J connectivity index is 1.86. The van der Waals surface area contributed by atoms with Crippen molar-refractivity contribution < 1.29 is 14.3 Å². The Bertz CT molecular complexity index is 1160. The highest BCUT2D eigenvalue weighted by molar-refractivity contribution is 6.32. The average Bonchev–Trinajstić information content (AvgIpc) is 2.75. The molecular weight excluding hydrogens is 406 g/mol. The second kappa shape index (κ2) is 9.45. The van der Waals surface area contributed by atoms with Crippen molar-refractivity contribution in [1.82, 2.24) is 14.9 Å². The summed E-state index contributed by atoms with van der Waals surface area (Å²) in [5.74, 6) is 1.08. The first kappa shape index (κ1) is 21.4. The Kier molecular flexibility index (Phi) is 6.74. The Morgan fingerprint density at radius 2 is 1.90 bits per heavy atom.